The van der Waals surface area contributed by atoms with E-state index in [0.717, 1.165) is 39.6 Å². The van der Waals surface area contributed by atoms with Gasteiger partial charge in [-0.05, 0) is 70.4 Å². The molecule has 0 radical (unpaired) electrons. The number of nitrogens with zero attached hydrogens (tertiary/aromatic N) is 1. The molecule has 0 spiro atoms. The van der Waals surface area contributed by atoms with E-state index in [4.69, 9.17) is 0 Å². The van der Waals surface area contributed by atoms with Crippen LogP contribution in [0.4, 0.5) is 0 Å². The summed E-state index contributed by atoms with van der Waals surface area (Å²) in [4.78, 5) is 11.5. The Balaban J connectivity index is 1.71. The van der Waals surface area contributed by atoms with Gasteiger partial charge in [-0.2, -0.15) is 5.10 Å². The van der Waals surface area contributed by atoms with E-state index in [-0.39, 0.29) is 5.92 Å². The first-order chi connectivity index (χ1) is 15.1. The van der Waals surface area contributed by atoms with Gasteiger partial charge in [0.15, 0.2) is 0 Å². The minimum atomic E-state index is -0.711. The Morgan fingerprint density at radius 1 is 0.968 bits per heavy atom. The van der Waals surface area contributed by atoms with E-state index in [2.05, 4.69) is 77.8 Å². The van der Waals surface area contributed by atoms with Gasteiger partial charge < -0.3 is 5.11 Å². The third kappa shape index (κ3) is 3.55. The molecule has 4 heteroatoms. The summed E-state index contributed by atoms with van der Waals surface area (Å²) in [5, 5.41) is 17.8. The van der Waals surface area contributed by atoms with Crippen molar-refractivity contribution in [2.75, 3.05) is 0 Å². The number of aliphatic carboxylic acids is 1. The fraction of sp³-hybridized carbons (Fsp3) is 0.185. The Morgan fingerprint density at radius 3 is 2.48 bits per heavy atom. The summed E-state index contributed by atoms with van der Waals surface area (Å²) in [6.07, 6.45) is 3.95. The van der Waals surface area contributed by atoms with Crippen LogP contribution in [0.1, 0.15) is 41.2 Å². The van der Waals surface area contributed by atoms with Gasteiger partial charge in [0.25, 0.3) is 0 Å². The monoisotopic (exact) mass is 408 g/mol. The minimum Gasteiger partial charge on any atom is -0.481 e. The fourth-order valence-electron chi connectivity index (χ4n) is 4.73. The SMILES string of the molecule is CC/C(=C(\c1ccc2c(c1)CC(C(=O)O)C2)c1ccc2[nH]ncc2c1)c1ccccc1. The molecule has 1 aromatic heterocycles. The number of aromatic nitrogens is 2. The van der Waals surface area contributed by atoms with Gasteiger partial charge in [0.05, 0.1) is 17.6 Å². The van der Waals surface area contributed by atoms with Gasteiger partial charge in [-0.3, -0.25) is 9.89 Å². The lowest BCUT2D eigenvalue weighted by Crippen LogP contribution is -2.12. The molecule has 4 nitrogen and oxygen atoms in total. The molecule has 0 aliphatic heterocycles. The topological polar surface area (TPSA) is 66.0 Å². The van der Waals surface area contributed by atoms with E-state index in [1.807, 2.05) is 12.3 Å². The van der Waals surface area contributed by atoms with Crippen molar-refractivity contribution in [3.8, 4) is 0 Å². The molecular formula is C27H24N2O2. The van der Waals surface area contributed by atoms with Crippen LogP contribution in [0.3, 0.4) is 0 Å². The zero-order valence-electron chi connectivity index (χ0n) is 17.4. The first-order valence-corrected chi connectivity index (χ1v) is 10.7. The van der Waals surface area contributed by atoms with Crippen LogP contribution in [0.25, 0.3) is 22.0 Å². The van der Waals surface area contributed by atoms with Crippen LogP contribution >= 0.6 is 0 Å². The number of H-pyrrole nitrogens is 1. The van der Waals surface area contributed by atoms with E-state index in [9.17, 15) is 9.90 Å². The molecule has 31 heavy (non-hydrogen) atoms. The van der Waals surface area contributed by atoms with Gasteiger partial charge in [-0.1, -0.05) is 61.5 Å². The van der Waals surface area contributed by atoms with Crippen LogP contribution < -0.4 is 0 Å². The Hall–Kier alpha value is -3.66. The van der Waals surface area contributed by atoms with E-state index in [1.54, 1.807) is 0 Å². The predicted octanol–water partition coefficient (Wildman–Crippen LogP) is 5.73. The summed E-state index contributed by atoms with van der Waals surface area (Å²) in [5.74, 6) is -1.03. The lowest BCUT2D eigenvalue weighted by molar-refractivity contribution is -0.141. The van der Waals surface area contributed by atoms with Gasteiger partial charge in [0, 0.05) is 5.39 Å². The van der Waals surface area contributed by atoms with E-state index in [1.165, 1.54) is 16.7 Å². The number of nitrogens with one attached hydrogen (secondary N) is 1. The number of carboxylic acids is 1. The van der Waals surface area contributed by atoms with Gasteiger partial charge in [0.1, 0.15) is 0 Å². The minimum absolute atomic E-state index is 0.320. The predicted molar refractivity (Wildman–Crippen MR) is 124 cm³/mol. The number of rotatable bonds is 5. The lowest BCUT2D eigenvalue weighted by Gasteiger charge is -2.17. The number of hydrogen-bond donors (Lipinski definition) is 2. The quantitative estimate of drug-likeness (QED) is 0.414. The molecular weight excluding hydrogens is 384 g/mol. The van der Waals surface area contributed by atoms with Crippen molar-refractivity contribution < 1.29 is 9.90 Å². The summed E-state index contributed by atoms with van der Waals surface area (Å²) in [7, 11) is 0. The molecule has 1 atom stereocenters. The van der Waals surface area contributed by atoms with Gasteiger partial charge in [-0.15, -0.1) is 0 Å². The smallest absolute Gasteiger partial charge is 0.307 e. The van der Waals surface area contributed by atoms with Gasteiger partial charge in [0.2, 0.25) is 0 Å². The molecule has 0 bridgehead atoms. The molecule has 0 fully saturated rings. The van der Waals surface area contributed by atoms with E-state index >= 15 is 0 Å². The molecule has 0 saturated heterocycles. The van der Waals surface area contributed by atoms with Crippen molar-refractivity contribution in [2.45, 2.75) is 26.2 Å². The van der Waals surface area contributed by atoms with E-state index < -0.39 is 5.97 Å². The molecule has 154 valence electrons. The maximum atomic E-state index is 11.5. The van der Waals surface area contributed by atoms with E-state index in [0.29, 0.717) is 12.8 Å². The Bertz CT molecular complexity index is 1300. The molecule has 5 rings (SSSR count). The number of benzene rings is 3. The Morgan fingerprint density at radius 2 is 1.71 bits per heavy atom. The summed E-state index contributed by atoms with van der Waals surface area (Å²) < 4.78 is 0. The third-order valence-electron chi connectivity index (χ3n) is 6.28. The maximum absolute atomic E-state index is 11.5. The zero-order chi connectivity index (χ0) is 21.4. The highest BCUT2D eigenvalue weighted by Gasteiger charge is 2.27. The fourth-order valence-corrected chi connectivity index (χ4v) is 4.73. The van der Waals surface area contributed by atoms with Crippen LogP contribution in [0, 0.1) is 5.92 Å². The molecule has 1 aliphatic rings. The van der Waals surface area contributed by atoms with Crippen molar-refractivity contribution in [1.82, 2.24) is 10.2 Å². The summed E-state index contributed by atoms with van der Waals surface area (Å²) in [5.41, 5.74) is 9.26. The number of carbonyl (C=O) groups is 1. The molecule has 1 aliphatic carbocycles. The highest BCUT2D eigenvalue weighted by atomic mass is 16.4. The number of allylic oxidation sites excluding steroid dienone is 1. The first kappa shape index (κ1) is 19.3. The Kier molecular flexibility index (Phi) is 4.91. The largest absolute Gasteiger partial charge is 0.481 e. The number of carboxylic acid groups (broad SMARTS) is 1. The van der Waals surface area contributed by atoms with Crippen LogP contribution in [-0.4, -0.2) is 21.3 Å². The molecule has 1 unspecified atom stereocenters. The maximum Gasteiger partial charge on any atom is 0.307 e. The second-order valence-corrected chi connectivity index (χ2v) is 8.17. The molecule has 0 amide bonds. The summed E-state index contributed by atoms with van der Waals surface area (Å²) >= 11 is 0. The number of hydrogen-bond acceptors (Lipinski definition) is 2. The van der Waals surface area contributed by atoms with Crippen molar-refractivity contribution in [3.05, 3.63) is 101 Å². The highest BCUT2D eigenvalue weighted by molar-refractivity contribution is 6.00. The van der Waals surface area contributed by atoms with Crippen LogP contribution in [0.5, 0.6) is 0 Å². The van der Waals surface area contributed by atoms with Crippen LogP contribution in [-0.2, 0) is 17.6 Å². The zero-order valence-corrected chi connectivity index (χ0v) is 17.4. The van der Waals surface area contributed by atoms with Crippen LogP contribution in [0.2, 0.25) is 0 Å². The third-order valence-corrected chi connectivity index (χ3v) is 6.28. The van der Waals surface area contributed by atoms with Crippen molar-refractivity contribution >= 4 is 28.0 Å². The molecule has 3 aromatic carbocycles. The average molecular weight is 409 g/mol. The van der Waals surface area contributed by atoms with Crippen molar-refractivity contribution in [2.24, 2.45) is 5.92 Å². The van der Waals surface area contributed by atoms with Crippen molar-refractivity contribution in [1.29, 1.82) is 0 Å². The average Bonchev–Trinajstić information content (AvgIpc) is 3.44. The normalized spacial score (nSPS) is 16.2. The first-order valence-electron chi connectivity index (χ1n) is 10.7. The molecule has 0 saturated carbocycles. The van der Waals surface area contributed by atoms with Crippen LogP contribution in [0.15, 0.2) is 72.9 Å². The summed E-state index contributed by atoms with van der Waals surface area (Å²) in [6.45, 7) is 2.19. The second kappa shape index (κ2) is 7.88. The second-order valence-electron chi connectivity index (χ2n) is 8.17. The van der Waals surface area contributed by atoms with Gasteiger partial charge >= 0.3 is 5.97 Å². The standard InChI is InChI=1S/C27H24N2O2/c1-2-24(17-6-4-3-5-7-17)26(20-10-11-25-23(14-20)16-28-29-25)19-9-8-18-12-22(27(30)31)15-21(18)13-19/h3-11,13-14,16,22H,2,12,15H2,1H3,(H,28,29)(H,30,31)/b26-24-. The summed E-state index contributed by atoms with van der Waals surface area (Å²) in [6, 6.07) is 23.3. The lowest BCUT2D eigenvalue weighted by atomic mass is 9.87. The number of fused-ring (bicyclic) bond motifs is 2. The Labute approximate surface area is 181 Å². The highest BCUT2D eigenvalue weighted by Crippen LogP contribution is 2.38. The van der Waals surface area contributed by atoms with Crippen molar-refractivity contribution in [3.63, 3.8) is 0 Å². The molecule has 1 heterocycles. The van der Waals surface area contributed by atoms with Gasteiger partial charge in [-0.25, -0.2) is 0 Å². The molecule has 2 N–H and O–H groups in total. The molecule has 4 aromatic rings. The number of aromatic amines is 1.